The van der Waals surface area contributed by atoms with Gasteiger partial charge in [-0.25, -0.2) is 4.98 Å². The Balaban J connectivity index is 1.85. The van der Waals surface area contributed by atoms with E-state index in [9.17, 15) is 13.2 Å². The fourth-order valence-electron chi connectivity index (χ4n) is 2.13. The molecule has 1 fully saturated rings. The van der Waals surface area contributed by atoms with Crippen LogP contribution < -0.4 is 5.73 Å². The molecule has 7 heteroatoms. The number of alkyl halides is 3. The van der Waals surface area contributed by atoms with Gasteiger partial charge in [-0.15, -0.1) is 11.3 Å². The lowest BCUT2D eigenvalue weighted by Crippen LogP contribution is -2.21. The van der Waals surface area contributed by atoms with E-state index in [0.29, 0.717) is 22.6 Å². The molecule has 0 amide bonds. The summed E-state index contributed by atoms with van der Waals surface area (Å²) in [4.78, 5) is 3.87. The minimum atomic E-state index is -4.38. The van der Waals surface area contributed by atoms with Crippen LogP contribution >= 0.6 is 11.3 Å². The van der Waals surface area contributed by atoms with Crippen LogP contribution in [0.4, 0.5) is 13.2 Å². The molecule has 2 heterocycles. The number of nitrogens with zero attached hydrogens (tertiary/aromatic N) is 1. The predicted molar refractivity (Wildman–Crippen MR) is 66.9 cm³/mol. The molecule has 2 N–H and O–H groups in total. The third-order valence-corrected chi connectivity index (χ3v) is 4.38. The Morgan fingerprint density at radius 3 is 2.84 bits per heavy atom. The summed E-state index contributed by atoms with van der Waals surface area (Å²) in [5.41, 5.74) is 5.92. The first-order valence-corrected chi connectivity index (χ1v) is 7.18. The molecule has 1 aliphatic rings. The third-order valence-electron chi connectivity index (χ3n) is 3.21. The van der Waals surface area contributed by atoms with Crippen LogP contribution in [0.5, 0.6) is 0 Å². The lowest BCUT2D eigenvalue weighted by atomic mass is 10.0. The monoisotopic (exact) mass is 294 g/mol. The first-order valence-electron chi connectivity index (χ1n) is 6.37. The highest BCUT2D eigenvalue weighted by Crippen LogP contribution is 2.35. The van der Waals surface area contributed by atoms with Crippen molar-refractivity contribution in [2.45, 2.75) is 50.4 Å². The van der Waals surface area contributed by atoms with Crippen molar-refractivity contribution in [1.29, 1.82) is 0 Å². The molecule has 0 saturated carbocycles. The van der Waals surface area contributed by atoms with Crippen LogP contribution in [0.25, 0.3) is 0 Å². The Kier molecular flexibility index (Phi) is 4.81. The summed E-state index contributed by atoms with van der Waals surface area (Å²) >= 11 is 0.633. The maximum Gasteiger partial charge on any atom is 0.443 e. The largest absolute Gasteiger partial charge is 0.443 e. The molecule has 0 spiro atoms. The molecule has 2 rings (SSSR count). The second-order valence-electron chi connectivity index (χ2n) is 4.74. The summed E-state index contributed by atoms with van der Waals surface area (Å²) < 4.78 is 42.9. The van der Waals surface area contributed by atoms with E-state index in [4.69, 9.17) is 10.5 Å². The molecule has 1 saturated heterocycles. The van der Waals surface area contributed by atoms with Crippen molar-refractivity contribution in [3.05, 3.63) is 16.1 Å². The van der Waals surface area contributed by atoms with Crippen LogP contribution in [0.15, 0.2) is 6.20 Å². The fourth-order valence-corrected chi connectivity index (χ4v) is 2.95. The summed E-state index contributed by atoms with van der Waals surface area (Å²) in [6.45, 7) is 0.776. The van der Waals surface area contributed by atoms with E-state index in [1.165, 1.54) is 6.20 Å². The van der Waals surface area contributed by atoms with E-state index in [-0.39, 0.29) is 12.1 Å². The topological polar surface area (TPSA) is 48.1 Å². The number of hydrogen-bond donors (Lipinski definition) is 1. The van der Waals surface area contributed by atoms with Crippen molar-refractivity contribution in [2.75, 3.05) is 6.61 Å². The average molecular weight is 294 g/mol. The molecular formula is C12H17F3N2OS. The minimum absolute atomic E-state index is 0.204. The Hall–Kier alpha value is -0.660. The van der Waals surface area contributed by atoms with E-state index in [0.717, 1.165) is 32.3 Å². The van der Waals surface area contributed by atoms with Gasteiger partial charge in [0.25, 0.3) is 0 Å². The van der Waals surface area contributed by atoms with E-state index in [1.54, 1.807) is 0 Å². The average Bonchev–Trinajstić information content (AvgIpc) is 2.87. The predicted octanol–water partition coefficient (Wildman–Crippen LogP) is 3.51. The van der Waals surface area contributed by atoms with Crippen molar-refractivity contribution in [3.63, 3.8) is 0 Å². The van der Waals surface area contributed by atoms with Gasteiger partial charge in [-0.05, 0) is 32.1 Å². The molecule has 1 aromatic heterocycles. The highest BCUT2D eigenvalue weighted by molar-refractivity contribution is 7.11. The first-order chi connectivity index (χ1) is 8.97. The van der Waals surface area contributed by atoms with Gasteiger partial charge in [0.15, 0.2) is 5.01 Å². The fraction of sp³-hybridized carbons (Fsp3) is 0.750. The zero-order valence-corrected chi connectivity index (χ0v) is 11.3. The Labute approximate surface area is 114 Å². The zero-order chi connectivity index (χ0) is 13.9. The van der Waals surface area contributed by atoms with Crippen LogP contribution in [0, 0.1) is 0 Å². The number of aromatic nitrogens is 1. The molecule has 0 aromatic carbocycles. The standard InChI is InChI=1S/C12H17F3N2OS/c13-12(14,15)11-17-7-10(19-11)9(16)5-4-8-3-1-2-6-18-8/h7-9H,1-6,16H2. The zero-order valence-electron chi connectivity index (χ0n) is 10.4. The summed E-state index contributed by atoms with van der Waals surface area (Å²) in [6, 6.07) is -0.390. The van der Waals surface area contributed by atoms with Gasteiger partial charge in [0.05, 0.1) is 6.10 Å². The van der Waals surface area contributed by atoms with Gasteiger partial charge in [0.2, 0.25) is 0 Å². The van der Waals surface area contributed by atoms with Gasteiger partial charge in [0.1, 0.15) is 0 Å². The Morgan fingerprint density at radius 2 is 2.26 bits per heavy atom. The highest BCUT2D eigenvalue weighted by atomic mass is 32.1. The van der Waals surface area contributed by atoms with E-state index in [1.807, 2.05) is 0 Å². The van der Waals surface area contributed by atoms with Gasteiger partial charge in [-0.2, -0.15) is 13.2 Å². The molecule has 1 aromatic rings. The smallest absolute Gasteiger partial charge is 0.378 e. The number of nitrogens with two attached hydrogens (primary N) is 1. The second kappa shape index (κ2) is 6.19. The third kappa shape index (κ3) is 4.15. The maximum atomic E-state index is 12.4. The minimum Gasteiger partial charge on any atom is -0.378 e. The summed E-state index contributed by atoms with van der Waals surface area (Å²) in [5.74, 6) is 0. The summed E-state index contributed by atoms with van der Waals surface area (Å²) in [6.07, 6.45) is 1.74. The van der Waals surface area contributed by atoms with Crippen molar-refractivity contribution in [1.82, 2.24) is 4.98 Å². The molecule has 0 bridgehead atoms. The highest BCUT2D eigenvalue weighted by Gasteiger charge is 2.35. The molecule has 108 valence electrons. The number of halogens is 3. The number of thiazole rings is 1. The number of ether oxygens (including phenoxy) is 1. The molecule has 19 heavy (non-hydrogen) atoms. The molecule has 2 unspecified atom stereocenters. The number of hydrogen-bond acceptors (Lipinski definition) is 4. The molecule has 3 nitrogen and oxygen atoms in total. The van der Waals surface area contributed by atoms with Gasteiger partial charge < -0.3 is 10.5 Å². The van der Waals surface area contributed by atoms with Gasteiger partial charge in [0, 0.05) is 23.7 Å². The second-order valence-corrected chi connectivity index (χ2v) is 5.80. The van der Waals surface area contributed by atoms with Crippen molar-refractivity contribution in [3.8, 4) is 0 Å². The summed E-state index contributed by atoms with van der Waals surface area (Å²) in [7, 11) is 0. The van der Waals surface area contributed by atoms with Gasteiger partial charge >= 0.3 is 6.18 Å². The molecule has 0 aliphatic carbocycles. The Bertz CT molecular complexity index is 402. The summed E-state index contributed by atoms with van der Waals surface area (Å²) in [5, 5.41) is -0.827. The SMILES string of the molecule is NC(CCC1CCCCO1)c1cnc(C(F)(F)F)s1. The normalized spacial score (nSPS) is 22.4. The van der Waals surface area contributed by atoms with E-state index < -0.39 is 11.2 Å². The van der Waals surface area contributed by atoms with E-state index in [2.05, 4.69) is 4.98 Å². The van der Waals surface area contributed by atoms with Crippen LogP contribution in [0.2, 0.25) is 0 Å². The van der Waals surface area contributed by atoms with E-state index >= 15 is 0 Å². The van der Waals surface area contributed by atoms with Gasteiger partial charge in [-0.3, -0.25) is 0 Å². The number of rotatable bonds is 4. The molecule has 1 aliphatic heterocycles. The van der Waals surface area contributed by atoms with Crippen LogP contribution in [0.1, 0.15) is 48.0 Å². The molecular weight excluding hydrogens is 277 g/mol. The van der Waals surface area contributed by atoms with Crippen LogP contribution in [-0.2, 0) is 10.9 Å². The lowest BCUT2D eigenvalue weighted by Gasteiger charge is -2.23. The molecule has 2 atom stereocenters. The van der Waals surface area contributed by atoms with Crippen LogP contribution in [-0.4, -0.2) is 17.7 Å². The van der Waals surface area contributed by atoms with Crippen LogP contribution in [0.3, 0.4) is 0 Å². The first kappa shape index (κ1) is 14.7. The van der Waals surface area contributed by atoms with Crippen molar-refractivity contribution in [2.24, 2.45) is 5.73 Å². The maximum absolute atomic E-state index is 12.4. The van der Waals surface area contributed by atoms with Crippen molar-refractivity contribution < 1.29 is 17.9 Å². The lowest BCUT2D eigenvalue weighted by molar-refractivity contribution is -0.137. The Morgan fingerprint density at radius 1 is 1.47 bits per heavy atom. The quantitative estimate of drug-likeness (QED) is 0.924. The molecule has 0 radical (unpaired) electrons. The van der Waals surface area contributed by atoms with Gasteiger partial charge in [-0.1, -0.05) is 0 Å². The van der Waals surface area contributed by atoms with Crippen molar-refractivity contribution >= 4 is 11.3 Å².